The minimum absolute atomic E-state index is 0.0431. The number of hydrogen-bond acceptors (Lipinski definition) is 5. The first-order chi connectivity index (χ1) is 13.3. The molecule has 1 saturated heterocycles. The van der Waals surface area contributed by atoms with Gasteiger partial charge in [0.25, 0.3) is 0 Å². The van der Waals surface area contributed by atoms with Crippen LogP contribution in [0.1, 0.15) is 31.7 Å². The van der Waals surface area contributed by atoms with Gasteiger partial charge < -0.3 is 15.0 Å². The molecular formula is C19H22N6O2. The second-order valence-electron chi connectivity index (χ2n) is 6.87. The number of terminal acetylenes is 1. The Morgan fingerprint density at radius 2 is 2.22 bits per heavy atom. The Labute approximate surface area is 157 Å². The lowest BCUT2D eigenvalue weighted by molar-refractivity contribution is 0.0868. The van der Waals surface area contributed by atoms with Crippen molar-refractivity contribution < 1.29 is 9.53 Å². The Morgan fingerprint density at radius 3 is 2.96 bits per heavy atom. The maximum Gasteiger partial charge on any atom is 0.322 e. The quantitative estimate of drug-likeness (QED) is 0.793. The number of ether oxygens (including phenoxy) is 1. The Morgan fingerprint density at radius 1 is 1.37 bits per heavy atom. The monoisotopic (exact) mass is 366 g/mol. The van der Waals surface area contributed by atoms with E-state index in [4.69, 9.17) is 11.2 Å². The van der Waals surface area contributed by atoms with E-state index >= 15 is 0 Å². The van der Waals surface area contributed by atoms with E-state index in [1.54, 1.807) is 4.90 Å². The Hall–Kier alpha value is -2.92. The molecule has 1 aromatic carbocycles. The third-order valence-electron chi connectivity index (χ3n) is 4.81. The van der Waals surface area contributed by atoms with E-state index in [2.05, 4.69) is 26.8 Å². The van der Waals surface area contributed by atoms with Gasteiger partial charge in [-0.2, -0.15) is 0 Å². The number of benzene rings is 1. The van der Waals surface area contributed by atoms with Crippen LogP contribution in [-0.2, 0) is 4.74 Å². The van der Waals surface area contributed by atoms with Crippen LogP contribution in [-0.4, -0.2) is 56.9 Å². The zero-order valence-corrected chi connectivity index (χ0v) is 15.0. The molecule has 1 saturated carbocycles. The number of urea groups is 1. The SMILES string of the molecule is C#CCN(CC1CCCO1)C(=O)Nc1ccccc1-c1nnnn1C1CC1. The molecule has 1 aliphatic heterocycles. The van der Waals surface area contributed by atoms with Gasteiger partial charge in [0.05, 0.1) is 24.4 Å². The number of anilines is 1. The molecule has 1 aliphatic carbocycles. The summed E-state index contributed by atoms with van der Waals surface area (Å²) in [6.07, 6.45) is 9.61. The van der Waals surface area contributed by atoms with Gasteiger partial charge in [-0.1, -0.05) is 18.1 Å². The minimum atomic E-state index is -0.249. The van der Waals surface area contributed by atoms with Crippen molar-refractivity contribution in [3.05, 3.63) is 24.3 Å². The number of rotatable bonds is 6. The Bertz CT molecular complexity index is 848. The molecule has 8 heteroatoms. The second-order valence-corrected chi connectivity index (χ2v) is 6.87. The fourth-order valence-electron chi connectivity index (χ4n) is 3.28. The van der Waals surface area contributed by atoms with Crippen molar-refractivity contribution in [2.45, 2.75) is 37.8 Å². The second kappa shape index (κ2) is 7.76. The summed E-state index contributed by atoms with van der Waals surface area (Å²) in [5.41, 5.74) is 1.45. The maximum atomic E-state index is 12.8. The van der Waals surface area contributed by atoms with Crippen LogP contribution in [0.25, 0.3) is 11.4 Å². The summed E-state index contributed by atoms with van der Waals surface area (Å²) in [7, 11) is 0. The lowest BCUT2D eigenvalue weighted by Crippen LogP contribution is -2.40. The lowest BCUT2D eigenvalue weighted by atomic mass is 10.1. The summed E-state index contributed by atoms with van der Waals surface area (Å²) in [5, 5.41) is 15.0. The highest BCUT2D eigenvalue weighted by molar-refractivity contribution is 5.93. The van der Waals surface area contributed by atoms with Crippen molar-refractivity contribution >= 4 is 11.7 Å². The van der Waals surface area contributed by atoms with E-state index in [1.807, 2.05) is 28.9 Å². The Balaban J connectivity index is 1.53. The normalized spacial score (nSPS) is 18.9. The van der Waals surface area contributed by atoms with Crippen LogP contribution in [0, 0.1) is 12.3 Å². The highest BCUT2D eigenvalue weighted by Gasteiger charge is 2.29. The standard InChI is InChI=1S/C19H22N6O2/c1-2-11-24(13-15-6-5-12-27-15)19(26)20-17-8-4-3-7-16(17)18-21-22-23-25(18)14-9-10-14/h1,3-4,7-8,14-15H,5-6,9-13H2,(H,20,26). The minimum Gasteiger partial charge on any atom is -0.376 e. The van der Waals surface area contributed by atoms with E-state index in [9.17, 15) is 4.79 Å². The molecule has 0 spiro atoms. The molecule has 0 radical (unpaired) electrons. The highest BCUT2D eigenvalue weighted by Crippen LogP contribution is 2.38. The number of tetrazole rings is 1. The highest BCUT2D eigenvalue weighted by atomic mass is 16.5. The van der Waals surface area contributed by atoms with Crippen molar-refractivity contribution in [3.8, 4) is 23.7 Å². The molecule has 2 aliphatic rings. The van der Waals surface area contributed by atoms with E-state index < -0.39 is 0 Å². The van der Waals surface area contributed by atoms with Crippen LogP contribution in [0.2, 0.25) is 0 Å². The topological polar surface area (TPSA) is 85.2 Å². The molecule has 2 amide bonds. The number of carbonyl (C=O) groups is 1. The number of para-hydroxylation sites is 1. The molecule has 1 aromatic heterocycles. The van der Waals surface area contributed by atoms with E-state index in [0.717, 1.165) is 37.9 Å². The van der Waals surface area contributed by atoms with Gasteiger partial charge in [-0.25, -0.2) is 9.48 Å². The summed E-state index contributed by atoms with van der Waals surface area (Å²) < 4.78 is 7.47. The van der Waals surface area contributed by atoms with Gasteiger partial charge in [0.1, 0.15) is 0 Å². The molecule has 0 bridgehead atoms. The van der Waals surface area contributed by atoms with Gasteiger partial charge in [0, 0.05) is 18.7 Å². The smallest absolute Gasteiger partial charge is 0.322 e. The predicted molar refractivity (Wildman–Crippen MR) is 99.9 cm³/mol. The molecule has 2 heterocycles. The van der Waals surface area contributed by atoms with Crippen LogP contribution >= 0.6 is 0 Å². The first-order valence-corrected chi connectivity index (χ1v) is 9.24. The zero-order valence-electron chi connectivity index (χ0n) is 15.0. The molecule has 2 aromatic rings. The largest absolute Gasteiger partial charge is 0.376 e. The summed E-state index contributed by atoms with van der Waals surface area (Å²) >= 11 is 0. The van der Waals surface area contributed by atoms with Crippen molar-refractivity contribution in [1.29, 1.82) is 0 Å². The molecule has 140 valence electrons. The van der Waals surface area contributed by atoms with Gasteiger partial charge in [0.15, 0.2) is 5.82 Å². The number of carbonyl (C=O) groups excluding carboxylic acids is 1. The first kappa shape index (κ1) is 17.5. The van der Waals surface area contributed by atoms with E-state index in [0.29, 0.717) is 24.1 Å². The van der Waals surface area contributed by atoms with E-state index in [-0.39, 0.29) is 18.7 Å². The van der Waals surface area contributed by atoms with Crippen LogP contribution in [0.5, 0.6) is 0 Å². The first-order valence-electron chi connectivity index (χ1n) is 9.24. The summed E-state index contributed by atoms with van der Waals surface area (Å²) in [6.45, 7) is 1.45. The fourth-order valence-corrected chi connectivity index (χ4v) is 3.28. The molecule has 8 nitrogen and oxygen atoms in total. The van der Waals surface area contributed by atoms with Crippen LogP contribution in [0.3, 0.4) is 0 Å². The third kappa shape index (κ3) is 3.93. The van der Waals surface area contributed by atoms with E-state index in [1.165, 1.54) is 0 Å². The number of amides is 2. The fraction of sp³-hybridized carbons (Fsp3) is 0.474. The predicted octanol–water partition coefficient (Wildman–Crippen LogP) is 2.32. The number of hydrogen-bond donors (Lipinski definition) is 1. The summed E-state index contributed by atoms with van der Waals surface area (Å²) in [5.74, 6) is 3.22. The summed E-state index contributed by atoms with van der Waals surface area (Å²) in [4.78, 5) is 14.5. The van der Waals surface area contributed by atoms with Crippen molar-refractivity contribution in [2.75, 3.05) is 25.0 Å². The van der Waals surface area contributed by atoms with Gasteiger partial charge in [-0.3, -0.25) is 0 Å². The average Bonchev–Trinajstić information content (AvgIpc) is 3.18. The van der Waals surface area contributed by atoms with Gasteiger partial charge in [-0.05, 0) is 48.2 Å². The molecule has 27 heavy (non-hydrogen) atoms. The average molecular weight is 366 g/mol. The molecule has 1 unspecified atom stereocenters. The summed E-state index contributed by atoms with van der Waals surface area (Å²) in [6, 6.07) is 7.63. The van der Waals surface area contributed by atoms with Crippen LogP contribution < -0.4 is 5.32 Å². The molecule has 4 rings (SSSR count). The number of aromatic nitrogens is 4. The van der Waals surface area contributed by atoms with Crippen molar-refractivity contribution in [3.63, 3.8) is 0 Å². The van der Waals surface area contributed by atoms with Gasteiger partial charge in [-0.15, -0.1) is 11.5 Å². The number of nitrogens with zero attached hydrogens (tertiary/aromatic N) is 5. The van der Waals surface area contributed by atoms with Gasteiger partial charge in [0.2, 0.25) is 0 Å². The molecule has 1 N–H and O–H groups in total. The number of nitrogens with one attached hydrogen (secondary N) is 1. The van der Waals surface area contributed by atoms with Crippen molar-refractivity contribution in [2.24, 2.45) is 0 Å². The van der Waals surface area contributed by atoms with Crippen molar-refractivity contribution in [1.82, 2.24) is 25.1 Å². The third-order valence-corrected chi connectivity index (χ3v) is 4.81. The maximum absolute atomic E-state index is 12.8. The Kier molecular flexibility index (Phi) is 5.03. The van der Waals surface area contributed by atoms with Crippen LogP contribution in [0.4, 0.5) is 10.5 Å². The lowest BCUT2D eigenvalue weighted by Gasteiger charge is -2.24. The van der Waals surface area contributed by atoms with Crippen LogP contribution in [0.15, 0.2) is 24.3 Å². The molecule has 2 fully saturated rings. The van der Waals surface area contributed by atoms with Gasteiger partial charge >= 0.3 is 6.03 Å². The molecule has 1 atom stereocenters. The zero-order chi connectivity index (χ0) is 18.6. The molecular weight excluding hydrogens is 344 g/mol.